The third-order valence-corrected chi connectivity index (χ3v) is 3.03. The van der Waals surface area contributed by atoms with Crippen LogP contribution in [0.4, 0.5) is 0 Å². The molecule has 0 aliphatic carbocycles. The highest BCUT2D eigenvalue weighted by Crippen LogP contribution is 2.14. The van der Waals surface area contributed by atoms with Crippen LogP contribution in [0.2, 0.25) is 0 Å². The highest BCUT2D eigenvalue weighted by atomic mass is 16.5. The zero-order chi connectivity index (χ0) is 10.4. The maximum atomic E-state index is 5.77. The van der Waals surface area contributed by atoms with Gasteiger partial charge >= 0.3 is 0 Å². The van der Waals surface area contributed by atoms with E-state index in [4.69, 9.17) is 10.5 Å². The van der Waals surface area contributed by atoms with Gasteiger partial charge in [0, 0.05) is 25.2 Å². The first kappa shape index (κ1) is 12.0. The zero-order valence-corrected chi connectivity index (χ0v) is 9.51. The molecule has 0 saturated carbocycles. The largest absolute Gasteiger partial charge is 0.377 e. The molecule has 1 aliphatic rings. The average Bonchev–Trinajstić information content (AvgIpc) is 2.68. The van der Waals surface area contributed by atoms with Gasteiger partial charge in [0.2, 0.25) is 0 Å². The summed E-state index contributed by atoms with van der Waals surface area (Å²) in [5.74, 6) is 0. The number of hydrogen-bond acceptors (Lipinski definition) is 3. The molecule has 0 aromatic carbocycles. The maximum Gasteiger partial charge on any atom is 0.0700 e. The van der Waals surface area contributed by atoms with Gasteiger partial charge in [-0.3, -0.25) is 0 Å². The second kappa shape index (κ2) is 5.69. The third-order valence-electron chi connectivity index (χ3n) is 3.03. The number of rotatable bonds is 6. The Bertz CT molecular complexity index is 157. The maximum absolute atomic E-state index is 5.77. The Labute approximate surface area is 87.4 Å². The van der Waals surface area contributed by atoms with E-state index in [9.17, 15) is 0 Å². The van der Waals surface area contributed by atoms with Crippen molar-refractivity contribution in [3.63, 3.8) is 0 Å². The van der Waals surface area contributed by atoms with Gasteiger partial charge in [0.15, 0.2) is 0 Å². The van der Waals surface area contributed by atoms with Crippen molar-refractivity contribution in [2.75, 3.05) is 19.7 Å². The minimum Gasteiger partial charge on any atom is -0.377 e. The summed E-state index contributed by atoms with van der Waals surface area (Å²) in [5.41, 5.74) is 5.87. The lowest BCUT2D eigenvalue weighted by Crippen LogP contribution is -2.50. The van der Waals surface area contributed by atoms with Crippen LogP contribution < -0.4 is 11.1 Å². The molecule has 0 bridgehead atoms. The normalized spacial score (nSPS) is 26.4. The molecule has 1 rings (SSSR count). The van der Waals surface area contributed by atoms with Gasteiger partial charge in [0.1, 0.15) is 0 Å². The SMILES string of the molecule is CCCC(C)(CN)NCC1CCCO1. The molecule has 1 fully saturated rings. The number of ether oxygens (including phenoxy) is 1. The summed E-state index contributed by atoms with van der Waals surface area (Å²) < 4.78 is 5.57. The molecule has 1 heterocycles. The molecule has 0 amide bonds. The lowest BCUT2D eigenvalue weighted by atomic mass is 9.96. The van der Waals surface area contributed by atoms with Gasteiger partial charge < -0.3 is 15.8 Å². The Morgan fingerprint density at radius 3 is 2.86 bits per heavy atom. The van der Waals surface area contributed by atoms with Crippen LogP contribution in [0.5, 0.6) is 0 Å². The van der Waals surface area contributed by atoms with Gasteiger partial charge in [-0.25, -0.2) is 0 Å². The smallest absolute Gasteiger partial charge is 0.0700 e. The van der Waals surface area contributed by atoms with Crippen LogP contribution in [0.15, 0.2) is 0 Å². The van der Waals surface area contributed by atoms with Crippen molar-refractivity contribution in [1.82, 2.24) is 5.32 Å². The summed E-state index contributed by atoms with van der Waals surface area (Å²) in [4.78, 5) is 0. The summed E-state index contributed by atoms with van der Waals surface area (Å²) in [6.07, 6.45) is 5.12. The fourth-order valence-electron chi connectivity index (χ4n) is 1.98. The van der Waals surface area contributed by atoms with Crippen LogP contribution in [0.25, 0.3) is 0 Å². The van der Waals surface area contributed by atoms with Crippen LogP contribution >= 0.6 is 0 Å². The van der Waals surface area contributed by atoms with E-state index in [1.165, 1.54) is 19.3 Å². The first-order valence-electron chi connectivity index (χ1n) is 5.77. The molecule has 0 radical (unpaired) electrons. The van der Waals surface area contributed by atoms with Gasteiger partial charge in [0.25, 0.3) is 0 Å². The zero-order valence-electron chi connectivity index (χ0n) is 9.51. The fourth-order valence-corrected chi connectivity index (χ4v) is 1.98. The number of hydrogen-bond donors (Lipinski definition) is 2. The van der Waals surface area contributed by atoms with E-state index in [1.807, 2.05) is 0 Å². The van der Waals surface area contributed by atoms with Gasteiger partial charge in [-0.15, -0.1) is 0 Å². The molecule has 3 nitrogen and oxygen atoms in total. The Balaban J connectivity index is 2.25. The number of nitrogens with one attached hydrogen (secondary N) is 1. The van der Waals surface area contributed by atoms with E-state index < -0.39 is 0 Å². The van der Waals surface area contributed by atoms with Crippen molar-refractivity contribution in [2.24, 2.45) is 5.73 Å². The summed E-state index contributed by atoms with van der Waals surface area (Å²) in [6, 6.07) is 0. The number of nitrogens with two attached hydrogens (primary N) is 1. The van der Waals surface area contributed by atoms with Crippen molar-refractivity contribution in [3.8, 4) is 0 Å². The predicted molar refractivity (Wildman–Crippen MR) is 59.3 cm³/mol. The van der Waals surface area contributed by atoms with Crippen molar-refractivity contribution >= 4 is 0 Å². The van der Waals surface area contributed by atoms with E-state index in [0.29, 0.717) is 12.6 Å². The Hall–Kier alpha value is -0.120. The van der Waals surface area contributed by atoms with Crippen LogP contribution in [0.3, 0.4) is 0 Å². The Morgan fingerprint density at radius 1 is 1.57 bits per heavy atom. The molecule has 3 N–H and O–H groups in total. The van der Waals surface area contributed by atoms with E-state index in [0.717, 1.165) is 19.6 Å². The minimum atomic E-state index is 0.0979. The van der Waals surface area contributed by atoms with Gasteiger partial charge in [-0.05, 0) is 26.2 Å². The molecular formula is C11H24N2O. The van der Waals surface area contributed by atoms with Gasteiger partial charge in [-0.2, -0.15) is 0 Å². The molecule has 0 aromatic rings. The first-order valence-corrected chi connectivity index (χ1v) is 5.77. The van der Waals surface area contributed by atoms with E-state index in [-0.39, 0.29) is 5.54 Å². The van der Waals surface area contributed by atoms with Crippen molar-refractivity contribution in [2.45, 2.75) is 51.2 Å². The van der Waals surface area contributed by atoms with Crippen LogP contribution in [0.1, 0.15) is 39.5 Å². The average molecular weight is 200 g/mol. The fraction of sp³-hybridized carbons (Fsp3) is 1.00. The monoisotopic (exact) mass is 200 g/mol. The highest BCUT2D eigenvalue weighted by molar-refractivity contribution is 4.85. The van der Waals surface area contributed by atoms with Gasteiger partial charge in [-0.1, -0.05) is 13.3 Å². The lowest BCUT2D eigenvalue weighted by Gasteiger charge is -2.30. The highest BCUT2D eigenvalue weighted by Gasteiger charge is 2.23. The molecule has 0 spiro atoms. The van der Waals surface area contributed by atoms with Crippen molar-refractivity contribution < 1.29 is 4.74 Å². The molecule has 1 aliphatic heterocycles. The molecule has 1 saturated heterocycles. The Kier molecular flexibility index (Phi) is 4.85. The van der Waals surface area contributed by atoms with Crippen LogP contribution in [0, 0.1) is 0 Å². The second-order valence-corrected chi connectivity index (χ2v) is 4.53. The first-order chi connectivity index (χ1) is 6.70. The lowest BCUT2D eigenvalue weighted by molar-refractivity contribution is 0.101. The standard InChI is InChI=1S/C11H24N2O/c1-3-6-11(2,9-12)13-8-10-5-4-7-14-10/h10,13H,3-9,12H2,1-2H3. The third kappa shape index (κ3) is 3.56. The quantitative estimate of drug-likeness (QED) is 0.679. The predicted octanol–water partition coefficient (Wildman–Crippen LogP) is 1.27. The van der Waals surface area contributed by atoms with E-state index in [1.54, 1.807) is 0 Å². The topological polar surface area (TPSA) is 47.3 Å². The molecule has 2 atom stereocenters. The van der Waals surface area contributed by atoms with Crippen molar-refractivity contribution in [1.29, 1.82) is 0 Å². The molecular weight excluding hydrogens is 176 g/mol. The Morgan fingerprint density at radius 2 is 2.36 bits per heavy atom. The molecule has 2 unspecified atom stereocenters. The molecule has 0 aromatic heterocycles. The molecule has 3 heteroatoms. The summed E-state index contributed by atoms with van der Waals surface area (Å²) in [6.45, 7) is 6.98. The van der Waals surface area contributed by atoms with Crippen molar-refractivity contribution in [3.05, 3.63) is 0 Å². The molecule has 14 heavy (non-hydrogen) atoms. The summed E-state index contributed by atoms with van der Waals surface area (Å²) >= 11 is 0. The van der Waals surface area contributed by atoms with Gasteiger partial charge in [0.05, 0.1) is 6.10 Å². The summed E-state index contributed by atoms with van der Waals surface area (Å²) in [7, 11) is 0. The molecule has 84 valence electrons. The van der Waals surface area contributed by atoms with Crippen LogP contribution in [-0.4, -0.2) is 31.3 Å². The van der Waals surface area contributed by atoms with E-state index in [2.05, 4.69) is 19.2 Å². The van der Waals surface area contributed by atoms with E-state index >= 15 is 0 Å². The minimum absolute atomic E-state index is 0.0979. The summed E-state index contributed by atoms with van der Waals surface area (Å²) in [5, 5.41) is 3.54. The van der Waals surface area contributed by atoms with Crippen LogP contribution in [-0.2, 0) is 4.74 Å². The second-order valence-electron chi connectivity index (χ2n) is 4.53.